The number of hydrogen-bond donors (Lipinski definition) is 1. The van der Waals surface area contributed by atoms with Crippen molar-refractivity contribution in [1.29, 1.82) is 0 Å². The first kappa shape index (κ1) is 18.8. The predicted molar refractivity (Wildman–Crippen MR) is 95.3 cm³/mol. The lowest BCUT2D eigenvalue weighted by Gasteiger charge is -2.12. The first-order valence-corrected chi connectivity index (χ1v) is 9.29. The molecular weight excluding hydrogens is 342 g/mol. The second-order valence-electron chi connectivity index (χ2n) is 5.42. The SMILES string of the molecule is CCOC(=O)COc1ccc(S(=O)(=O)Nc2cccc(C)c2C)cc1. The van der Waals surface area contributed by atoms with Gasteiger partial charge < -0.3 is 9.47 Å². The highest BCUT2D eigenvalue weighted by Gasteiger charge is 2.16. The third-order valence-corrected chi connectivity index (χ3v) is 5.03. The molecule has 0 aliphatic heterocycles. The standard InChI is InChI=1S/C18H21NO5S/c1-4-23-18(20)12-24-15-8-10-16(11-9-15)25(21,22)19-17-7-5-6-13(2)14(17)3/h5-11,19H,4,12H2,1-3H3. The maximum absolute atomic E-state index is 12.5. The van der Waals surface area contributed by atoms with Gasteiger partial charge in [-0.25, -0.2) is 13.2 Å². The summed E-state index contributed by atoms with van der Waals surface area (Å²) in [7, 11) is -3.71. The fourth-order valence-corrected chi connectivity index (χ4v) is 3.25. The number of benzene rings is 2. The van der Waals surface area contributed by atoms with Crippen LogP contribution in [0.15, 0.2) is 47.4 Å². The molecule has 7 heteroatoms. The molecule has 0 aliphatic carbocycles. The van der Waals surface area contributed by atoms with E-state index in [0.717, 1.165) is 11.1 Å². The van der Waals surface area contributed by atoms with Gasteiger partial charge in [-0.15, -0.1) is 0 Å². The fourth-order valence-electron chi connectivity index (χ4n) is 2.13. The topological polar surface area (TPSA) is 81.7 Å². The van der Waals surface area contributed by atoms with Gasteiger partial charge in [-0.2, -0.15) is 0 Å². The molecule has 2 aromatic rings. The second-order valence-corrected chi connectivity index (χ2v) is 7.10. The van der Waals surface area contributed by atoms with E-state index >= 15 is 0 Å². The van der Waals surface area contributed by atoms with Crippen LogP contribution < -0.4 is 9.46 Å². The van der Waals surface area contributed by atoms with E-state index in [1.54, 1.807) is 19.1 Å². The second kappa shape index (κ2) is 8.02. The lowest BCUT2D eigenvalue weighted by Crippen LogP contribution is -2.15. The Morgan fingerprint density at radius 3 is 2.40 bits per heavy atom. The molecule has 0 bridgehead atoms. The zero-order valence-corrected chi connectivity index (χ0v) is 15.2. The monoisotopic (exact) mass is 363 g/mol. The van der Waals surface area contributed by atoms with Gasteiger partial charge >= 0.3 is 5.97 Å². The van der Waals surface area contributed by atoms with Gasteiger partial charge in [0.15, 0.2) is 6.61 Å². The van der Waals surface area contributed by atoms with Crippen molar-refractivity contribution in [2.24, 2.45) is 0 Å². The molecule has 1 N–H and O–H groups in total. The molecule has 0 spiro atoms. The minimum absolute atomic E-state index is 0.108. The van der Waals surface area contributed by atoms with E-state index in [4.69, 9.17) is 9.47 Å². The summed E-state index contributed by atoms with van der Waals surface area (Å²) in [5, 5.41) is 0. The molecule has 0 aromatic heterocycles. The van der Waals surface area contributed by atoms with Crippen LogP contribution in [0.2, 0.25) is 0 Å². The highest BCUT2D eigenvalue weighted by atomic mass is 32.2. The largest absolute Gasteiger partial charge is 0.482 e. The third kappa shape index (κ3) is 4.96. The number of hydrogen-bond acceptors (Lipinski definition) is 5. The number of carbonyl (C=O) groups is 1. The number of nitrogens with one attached hydrogen (secondary N) is 1. The Morgan fingerprint density at radius 2 is 1.76 bits per heavy atom. The molecule has 0 heterocycles. The zero-order chi connectivity index (χ0) is 18.4. The fraction of sp³-hybridized carbons (Fsp3) is 0.278. The minimum Gasteiger partial charge on any atom is -0.482 e. The molecule has 0 unspecified atom stereocenters. The van der Waals surface area contributed by atoms with E-state index in [-0.39, 0.29) is 18.1 Å². The molecule has 25 heavy (non-hydrogen) atoms. The van der Waals surface area contributed by atoms with Crippen molar-refractivity contribution in [3.05, 3.63) is 53.6 Å². The summed E-state index contributed by atoms with van der Waals surface area (Å²) in [6, 6.07) is 11.3. The van der Waals surface area contributed by atoms with Gasteiger partial charge in [0.2, 0.25) is 0 Å². The van der Waals surface area contributed by atoms with Crippen molar-refractivity contribution < 1.29 is 22.7 Å². The smallest absolute Gasteiger partial charge is 0.344 e. The lowest BCUT2D eigenvalue weighted by molar-refractivity contribution is -0.145. The molecular formula is C18H21NO5S. The van der Waals surface area contributed by atoms with Gasteiger partial charge in [-0.1, -0.05) is 12.1 Å². The van der Waals surface area contributed by atoms with Crippen molar-refractivity contribution in [2.45, 2.75) is 25.7 Å². The summed E-state index contributed by atoms with van der Waals surface area (Å²) in [5.41, 5.74) is 2.42. The first-order valence-electron chi connectivity index (χ1n) is 7.81. The van der Waals surface area contributed by atoms with Crippen molar-refractivity contribution >= 4 is 21.7 Å². The van der Waals surface area contributed by atoms with Crippen LogP contribution in [0.5, 0.6) is 5.75 Å². The number of anilines is 1. The highest BCUT2D eigenvalue weighted by molar-refractivity contribution is 7.92. The Morgan fingerprint density at radius 1 is 1.08 bits per heavy atom. The van der Waals surface area contributed by atoms with Gasteiger partial charge in [-0.3, -0.25) is 4.72 Å². The molecule has 2 aromatic carbocycles. The highest BCUT2D eigenvalue weighted by Crippen LogP contribution is 2.23. The lowest BCUT2D eigenvalue weighted by atomic mass is 10.1. The molecule has 134 valence electrons. The van der Waals surface area contributed by atoms with Crippen LogP contribution in [0.25, 0.3) is 0 Å². The number of carbonyl (C=O) groups excluding carboxylic acids is 1. The van der Waals surface area contributed by atoms with Crippen LogP contribution in [0.4, 0.5) is 5.69 Å². The molecule has 2 rings (SSSR count). The Kier molecular flexibility index (Phi) is 6.03. The average Bonchev–Trinajstić information content (AvgIpc) is 2.58. The van der Waals surface area contributed by atoms with E-state index in [1.807, 2.05) is 19.9 Å². The summed E-state index contributed by atoms with van der Waals surface area (Å²) >= 11 is 0. The number of ether oxygens (including phenoxy) is 2. The summed E-state index contributed by atoms with van der Waals surface area (Å²) < 4.78 is 37.6. The predicted octanol–water partition coefficient (Wildman–Crippen LogP) is 3.05. The Labute approximate surface area is 147 Å². The molecule has 0 atom stereocenters. The molecule has 0 radical (unpaired) electrons. The van der Waals surface area contributed by atoms with Gasteiger partial charge in [0.1, 0.15) is 5.75 Å². The van der Waals surface area contributed by atoms with Crippen LogP contribution in [0, 0.1) is 13.8 Å². The summed E-state index contributed by atoms with van der Waals surface area (Å²) in [6.45, 7) is 5.55. The van der Waals surface area contributed by atoms with Crippen LogP contribution in [0.3, 0.4) is 0 Å². The Balaban J connectivity index is 2.09. The minimum atomic E-state index is -3.71. The molecule has 0 aliphatic rings. The Hall–Kier alpha value is -2.54. The zero-order valence-electron chi connectivity index (χ0n) is 14.4. The van der Waals surface area contributed by atoms with Gasteiger partial charge in [0.25, 0.3) is 10.0 Å². The number of esters is 1. The van der Waals surface area contributed by atoms with E-state index in [9.17, 15) is 13.2 Å². The molecule has 0 saturated carbocycles. The van der Waals surface area contributed by atoms with Crippen molar-refractivity contribution in [3.63, 3.8) is 0 Å². The van der Waals surface area contributed by atoms with Crippen LogP contribution in [-0.4, -0.2) is 27.6 Å². The van der Waals surface area contributed by atoms with Gasteiger partial charge in [-0.05, 0) is 62.2 Å². The summed E-state index contributed by atoms with van der Waals surface area (Å²) in [5.74, 6) is -0.0884. The normalized spacial score (nSPS) is 11.0. The van der Waals surface area contributed by atoms with E-state index < -0.39 is 16.0 Å². The quantitative estimate of drug-likeness (QED) is 0.765. The maximum Gasteiger partial charge on any atom is 0.344 e. The van der Waals surface area contributed by atoms with Gasteiger partial charge in [0, 0.05) is 0 Å². The van der Waals surface area contributed by atoms with Gasteiger partial charge in [0.05, 0.1) is 17.2 Å². The van der Waals surface area contributed by atoms with Crippen LogP contribution >= 0.6 is 0 Å². The van der Waals surface area contributed by atoms with E-state index in [0.29, 0.717) is 11.4 Å². The third-order valence-electron chi connectivity index (χ3n) is 3.64. The molecule has 0 fully saturated rings. The van der Waals surface area contributed by atoms with E-state index in [2.05, 4.69) is 4.72 Å². The molecule has 0 saturated heterocycles. The van der Waals surface area contributed by atoms with Crippen LogP contribution in [0.1, 0.15) is 18.1 Å². The van der Waals surface area contributed by atoms with Crippen molar-refractivity contribution in [1.82, 2.24) is 0 Å². The van der Waals surface area contributed by atoms with Crippen LogP contribution in [-0.2, 0) is 19.6 Å². The maximum atomic E-state index is 12.5. The number of sulfonamides is 1. The van der Waals surface area contributed by atoms with Crippen molar-refractivity contribution in [2.75, 3.05) is 17.9 Å². The number of aryl methyl sites for hydroxylation is 1. The average molecular weight is 363 g/mol. The first-order chi connectivity index (χ1) is 11.8. The van der Waals surface area contributed by atoms with E-state index in [1.165, 1.54) is 24.3 Å². The summed E-state index contributed by atoms with van der Waals surface area (Å²) in [4.78, 5) is 11.4. The molecule has 6 nitrogen and oxygen atoms in total. The number of rotatable bonds is 7. The Bertz CT molecular complexity index is 844. The summed E-state index contributed by atoms with van der Waals surface area (Å²) in [6.07, 6.45) is 0. The van der Waals surface area contributed by atoms with Crippen molar-refractivity contribution in [3.8, 4) is 5.75 Å². The molecule has 0 amide bonds.